The van der Waals surface area contributed by atoms with Crippen molar-refractivity contribution in [1.29, 1.82) is 0 Å². The fraction of sp³-hybridized carbons (Fsp3) is 0.273. The summed E-state index contributed by atoms with van der Waals surface area (Å²) in [6.45, 7) is 0. The molecule has 1 aromatic rings. The van der Waals surface area contributed by atoms with Gasteiger partial charge in [-0.3, -0.25) is 0 Å². The van der Waals surface area contributed by atoms with E-state index in [1.165, 1.54) is 12.1 Å². The van der Waals surface area contributed by atoms with Crippen LogP contribution < -0.4 is 0 Å². The maximum absolute atomic E-state index is 12.9. The molecule has 0 bridgehead atoms. The van der Waals surface area contributed by atoms with E-state index in [4.69, 9.17) is 11.6 Å². The first-order valence-corrected chi connectivity index (χ1v) is 5.71. The second-order valence-corrected chi connectivity index (χ2v) is 4.22. The van der Waals surface area contributed by atoms with Gasteiger partial charge in [-0.05, 0) is 36.6 Å². The Morgan fingerprint density at radius 3 is 2.71 bits per heavy atom. The highest BCUT2D eigenvalue weighted by molar-refractivity contribution is 9.10. The van der Waals surface area contributed by atoms with E-state index < -0.39 is 0 Å². The van der Waals surface area contributed by atoms with Gasteiger partial charge in [-0.15, -0.1) is 11.6 Å². The molecule has 1 rings (SSSR count). The summed E-state index contributed by atoms with van der Waals surface area (Å²) in [5.41, 5.74) is 0.961. The van der Waals surface area contributed by atoms with Crippen molar-refractivity contribution in [3.63, 3.8) is 0 Å². The highest BCUT2D eigenvalue weighted by Crippen LogP contribution is 2.15. The molecule has 0 saturated heterocycles. The summed E-state index contributed by atoms with van der Waals surface area (Å²) in [4.78, 5) is 0. The van der Waals surface area contributed by atoms with Crippen LogP contribution in [0, 0.1) is 5.82 Å². The average Bonchev–Trinajstić information content (AvgIpc) is 2.11. The van der Waals surface area contributed by atoms with Gasteiger partial charge in [0.1, 0.15) is 5.82 Å². The van der Waals surface area contributed by atoms with Gasteiger partial charge in [-0.2, -0.15) is 0 Å². The summed E-state index contributed by atoms with van der Waals surface area (Å²) >= 11 is 8.77. The Labute approximate surface area is 96.9 Å². The van der Waals surface area contributed by atoms with Crippen LogP contribution in [0.5, 0.6) is 0 Å². The van der Waals surface area contributed by atoms with Crippen LogP contribution >= 0.6 is 27.5 Å². The summed E-state index contributed by atoms with van der Waals surface area (Å²) in [7, 11) is 0. The van der Waals surface area contributed by atoms with Gasteiger partial charge in [0.25, 0.3) is 0 Å². The van der Waals surface area contributed by atoms with Gasteiger partial charge in [-0.25, -0.2) is 4.39 Å². The van der Waals surface area contributed by atoms with Crippen LogP contribution in [-0.4, -0.2) is 5.88 Å². The number of alkyl halides is 1. The zero-order valence-corrected chi connectivity index (χ0v) is 9.98. The number of rotatable bonds is 4. The summed E-state index contributed by atoms with van der Waals surface area (Å²) < 4.78 is 13.7. The molecule has 0 aromatic heterocycles. The molecule has 0 N–H and O–H groups in total. The zero-order chi connectivity index (χ0) is 10.4. The molecule has 1 aromatic carbocycles. The smallest absolute Gasteiger partial charge is 0.124 e. The van der Waals surface area contributed by atoms with Crippen molar-refractivity contribution < 1.29 is 4.39 Å². The summed E-state index contributed by atoms with van der Waals surface area (Å²) in [6.07, 6.45) is 5.61. The quantitative estimate of drug-likeness (QED) is 0.568. The van der Waals surface area contributed by atoms with Crippen LogP contribution in [0.2, 0.25) is 0 Å². The zero-order valence-electron chi connectivity index (χ0n) is 7.64. The van der Waals surface area contributed by atoms with Gasteiger partial charge in [0.15, 0.2) is 0 Å². The highest BCUT2D eigenvalue weighted by Gasteiger charge is 1.96. The molecule has 0 amide bonds. The molecule has 0 radical (unpaired) electrons. The van der Waals surface area contributed by atoms with E-state index in [2.05, 4.69) is 15.9 Å². The fourth-order valence-electron chi connectivity index (χ4n) is 1.13. The van der Waals surface area contributed by atoms with Crippen molar-refractivity contribution in [3.05, 3.63) is 46.2 Å². The van der Waals surface area contributed by atoms with Crippen molar-refractivity contribution >= 4 is 27.5 Å². The number of allylic oxidation sites excluding steroid dienone is 2. The number of benzene rings is 1. The summed E-state index contributed by atoms with van der Waals surface area (Å²) in [6, 6.07) is 4.90. The molecular weight excluding hydrogens is 266 g/mol. The third-order valence-corrected chi connectivity index (χ3v) is 2.39. The van der Waals surface area contributed by atoms with Crippen molar-refractivity contribution in [2.75, 3.05) is 5.88 Å². The second kappa shape index (κ2) is 6.20. The van der Waals surface area contributed by atoms with Crippen LogP contribution in [0.15, 0.2) is 34.8 Å². The third kappa shape index (κ3) is 4.25. The lowest BCUT2D eigenvalue weighted by atomic mass is 10.1. The SMILES string of the molecule is Fc1cc(Br)cc(CC=CCCCl)c1. The molecule has 0 fully saturated rings. The Morgan fingerprint density at radius 2 is 2.07 bits per heavy atom. The van der Waals surface area contributed by atoms with Crippen LogP contribution in [0.3, 0.4) is 0 Å². The molecule has 0 saturated carbocycles. The molecule has 14 heavy (non-hydrogen) atoms. The molecule has 0 aliphatic heterocycles. The van der Waals surface area contributed by atoms with Crippen LogP contribution in [0.1, 0.15) is 12.0 Å². The molecule has 0 nitrogen and oxygen atoms in total. The minimum Gasteiger partial charge on any atom is -0.207 e. The van der Waals surface area contributed by atoms with Crippen LogP contribution in [0.4, 0.5) is 4.39 Å². The largest absolute Gasteiger partial charge is 0.207 e. The van der Waals surface area contributed by atoms with Crippen molar-refractivity contribution in [2.24, 2.45) is 0 Å². The van der Waals surface area contributed by atoms with Gasteiger partial charge in [-0.1, -0.05) is 28.1 Å². The van der Waals surface area contributed by atoms with E-state index in [1.807, 2.05) is 18.2 Å². The van der Waals surface area contributed by atoms with Crippen molar-refractivity contribution in [3.8, 4) is 0 Å². The standard InChI is InChI=1S/C11H11BrClF/c12-10-6-9(7-11(14)8-10)4-2-1-3-5-13/h1-2,6-8H,3-5H2. The minimum atomic E-state index is -0.208. The molecule has 0 heterocycles. The lowest BCUT2D eigenvalue weighted by molar-refractivity contribution is 0.625. The molecule has 0 unspecified atom stereocenters. The number of hydrogen-bond donors (Lipinski definition) is 0. The van der Waals surface area contributed by atoms with Gasteiger partial charge in [0.2, 0.25) is 0 Å². The Hall–Kier alpha value is -0.340. The Kier molecular flexibility index (Phi) is 5.20. The van der Waals surface area contributed by atoms with E-state index in [-0.39, 0.29) is 5.82 Å². The maximum atomic E-state index is 12.9. The lowest BCUT2D eigenvalue weighted by Gasteiger charge is -1.98. The monoisotopic (exact) mass is 276 g/mol. The van der Waals surface area contributed by atoms with Gasteiger partial charge in [0.05, 0.1) is 0 Å². The normalized spacial score (nSPS) is 11.1. The van der Waals surface area contributed by atoms with Crippen LogP contribution in [0.25, 0.3) is 0 Å². The molecular formula is C11H11BrClF. The van der Waals surface area contributed by atoms with Gasteiger partial charge in [0, 0.05) is 10.4 Å². The molecule has 0 spiro atoms. The predicted molar refractivity (Wildman–Crippen MR) is 62.3 cm³/mol. The summed E-state index contributed by atoms with van der Waals surface area (Å²) in [5, 5.41) is 0. The van der Waals surface area contributed by atoms with E-state index in [9.17, 15) is 4.39 Å². The van der Waals surface area contributed by atoms with Gasteiger partial charge < -0.3 is 0 Å². The predicted octanol–water partition coefficient (Wildman–Crippen LogP) is 4.32. The Bertz CT molecular complexity index is 303. The number of hydrogen-bond acceptors (Lipinski definition) is 0. The van der Waals surface area contributed by atoms with E-state index in [0.717, 1.165) is 22.9 Å². The second-order valence-electron chi connectivity index (χ2n) is 2.93. The van der Waals surface area contributed by atoms with Crippen molar-refractivity contribution in [1.82, 2.24) is 0 Å². The first-order valence-electron chi connectivity index (χ1n) is 4.38. The topological polar surface area (TPSA) is 0 Å². The minimum absolute atomic E-state index is 0.208. The summed E-state index contributed by atoms with van der Waals surface area (Å²) in [5.74, 6) is 0.420. The molecule has 3 heteroatoms. The maximum Gasteiger partial charge on any atom is 0.124 e. The third-order valence-electron chi connectivity index (χ3n) is 1.72. The van der Waals surface area contributed by atoms with Crippen molar-refractivity contribution in [2.45, 2.75) is 12.8 Å². The van der Waals surface area contributed by atoms with E-state index in [1.54, 1.807) is 0 Å². The fourth-order valence-corrected chi connectivity index (χ4v) is 1.77. The molecule has 0 atom stereocenters. The first-order chi connectivity index (χ1) is 6.72. The Balaban J connectivity index is 2.58. The Morgan fingerprint density at radius 1 is 1.29 bits per heavy atom. The molecule has 0 aliphatic rings. The van der Waals surface area contributed by atoms with Crippen LogP contribution in [-0.2, 0) is 6.42 Å². The first kappa shape index (κ1) is 11.7. The van der Waals surface area contributed by atoms with E-state index >= 15 is 0 Å². The highest BCUT2D eigenvalue weighted by atomic mass is 79.9. The lowest BCUT2D eigenvalue weighted by Crippen LogP contribution is -1.84. The molecule has 0 aliphatic carbocycles. The van der Waals surface area contributed by atoms with E-state index in [0.29, 0.717) is 5.88 Å². The number of halogens is 3. The van der Waals surface area contributed by atoms with Gasteiger partial charge >= 0.3 is 0 Å². The average molecular weight is 278 g/mol. The molecule has 76 valence electrons.